The number of nitrogens with zero attached hydrogens (tertiary/aromatic N) is 4. The van der Waals surface area contributed by atoms with E-state index in [1.807, 2.05) is 35.2 Å². The summed E-state index contributed by atoms with van der Waals surface area (Å²) < 4.78 is 5.84. The summed E-state index contributed by atoms with van der Waals surface area (Å²) in [4.78, 5) is 29.0. The maximum Gasteiger partial charge on any atom is 0.228 e. The highest BCUT2D eigenvalue weighted by Crippen LogP contribution is 2.40. The molecule has 5 rings (SSSR count). The van der Waals surface area contributed by atoms with Gasteiger partial charge in [0.05, 0.1) is 5.92 Å². The Kier molecular flexibility index (Phi) is 4.37. The standard InChI is InChI=1S/C21H24N4O3/c26-18-12-16(13-25(18)17-4-2-1-3-5-17)21(27)24-10-8-15(9-11-24)20-23-22-19(28-20)14-6-7-14/h1-5,14-16H,6-13H2. The number of rotatable bonds is 4. The first-order valence-corrected chi connectivity index (χ1v) is 10.2. The van der Waals surface area contributed by atoms with Gasteiger partial charge in [0.2, 0.25) is 23.6 Å². The fraction of sp³-hybridized carbons (Fsp3) is 0.524. The molecule has 7 heteroatoms. The van der Waals surface area contributed by atoms with Crippen molar-refractivity contribution >= 4 is 17.5 Å². The number of benzene rings is 1. The topological polar surface area (TPSA) is 79.5 Å². The lowest BCUT2D eigenvalue weighted by atomic mass is 9.95. The van der Waals surface area contributed by atoms with Crippen LogP contribution in [-0.2, 0) is 9.59 Å². The number of para-hydroxylation sites is 1. The number of likely N-dealkylation sites (tertiary alicyclic amines) is 1. The average Bonchev–Trinajstić information content (AvgIpc) is 3.34. The number of carbonyl (C=O) groups is 2. The lowest BCUT2D eigenvalue weighted by Gasteiger charge is -2.32. The number of piperidine rings is 1. The number of hydrogen-bond donors (Lipinski definition) is 0. The first kappa shape index (κ1) is 17.4. The highest BCUT2D eigenvalue weighted by atomic mass is 16.4. The Balaban J connectivity index is 1.18. The van der Waals surface area contributed by atoms with E-state index < -0.39 is 0 Å². The number of anilines is 1. The Hall–Kier alpha value is -2.70. The Labute approximate surface area is 163 Å². The third-order valence-corrected chi connectivity index (χ3v) is 6.08. The lowest BCUT2D eigenvalue weighted by molar-refractivity contribution is -0.136. The summed E-state index contributed by atoms with van der Waals surface area (Å²) in [6.45, 7) is 1.83. The van der Waals surface area contributed by atoms with Gasteiger partial charge < -0.3 is 14.2 Å². The predicted octanol–water partition coefficient (Wildman–Crippen LogP) is 2.71. The van der Waals surface area contributed by atoms with E-state index in [-0.39, 0.29) is 23.7 Å². The zero-order valence-electron chi connectivity index (χ0n) is 15.8. The Morgan fingerprint density at radius 2 is 1.61 bits per heavy atom. The highest BCUT2D eigenvalue weighted by Gasteiger charge is 2.39. The third-order valence-electron chi connectivity index (χ3n) is 6.08. The van der Waals surface area contributed by atoms with E-state index in [9.17, 15) is 9.59 Å². The predicted molar refractivity (Wildman–Crippen MR) is 102 cm³/mol. The Bertz CT molecular complexity index is 869. The molecular formula is C21H24N4O3. The number of carbonyl (C=O) groups excluding carboxylic acids is 2. The van der Waals surface area contributed by atoms with E-state index in [2.05, 4.69) is 10.2 Å². The minimum Gasteiger partial charge on any atom is -0.425 e. The van der Waals surface area contributed by atoms with E-state index in [0.29, 0.717) is 32.0 Å². The van der Waals surface area contributed by atoms with Gasteiger partial charge in [0.15, 0.2) is 0 Å². The van der Waals surface area contributed by atoms with Crippen molar-refractivity contribution in [3.63, 3.8) is 0 Å². The van der Waals surface area contributed by atoms with Crippen molar-refractivity contribution in [3.05, 3.63) is 42.1 Å². The van der Waals surface area contributed by atoms with Gasteiger partial charge in [0.1, 0.15) is 0 Å². The van der Waals surface area contributed by atoms with E-state index in [1.165, 1.54) is 0 Å². The van der Waals surface area contributed by atoms with Crippen LogP contribution in [0.4, 0.5) is 5.69 Å². The molecule has 0 radical (unpaired) electrons. The molecule has 7 nitrogen and oxygen atoms in total. The van der Waals surface area contributed by atoms with Crippen LogP contribution in [0, 0.1) is 5.92 Å². The summed E-state index contributed by atoms with van der Waals surface area (Å²) >= 11 is 0. The van der Waals surface area contributed by atoms with Crippen molar-refractivity contribution in [2.45, 2.75) is 43.9 Å². The molecule has 3 fully saturated rings. The lowest BCUT2D eigenvalue weighted by Crippen LogP contribution is -2.42. The van der Waals surface area contributed by atoms with Crippen molar-refractivity contribution in [3.8, 4) is 0 Å². The fourth-order valence-corrected chi connectivity index (χ4v) is 4.24. The van der Waals surface area contributed by atoms with Gasteiger partial charge in [-0.05, 0) is 37.8 Å². The summed E-state index contributed by atoms with van der Waals surface area (Å²) in [6, 6.07) is 9.57. The van der Waals surface area contributed by atoms with Crippen LogP contribution in [0.5, 0.6) is 0 Å². The van der Waals surface area contributed by atoms with Crippen LogP contribution in [-0.4, -0.2) is 46.5 Å². The van der Waals surface area contributed by atoms with Crippen LogP contribution in [0.25, 0.3) is 0 Å². The fourth-order valence-electron chi connectivity index (χ4n) is 4.24. The molecule has 1 atom stereocenters. The number of aromatic nitrogens is 2. The Morgan fingerprint density at radius 3 is 2.25 bits per heavy atom. The van der Waals surface area contributed by atoms with Gasteiger partial charge in [0.25, 0.3) is 0 Å². The first-order valence-electron chi connectivity index (χ1n) is 10.2. The maximum absolute atomic E-state index is 13.0. The van der Waals surface area contributed by atoms with Crippen LogP contribution in [0.2, 0.25) is 0 Å². The number of amides is 2. The highest BCUT2D eigenvalue weighted by molar-refractivity contribution is 6.00. The normalized spacial score (nSPS) is 23.4. The average molecular weight is 380 g/mol. The summed E-state index contributed by atoms with van der Waals surface area (Å²) in [6.07, 6.45) is 4.26. The zero-order chi connectivity index (χ0) is 19.1. The second-order valence-electron chi connectivity index (χ2n) is 8.09. The van der Waals surface area contributed by atoms with Gasteiger partial charge in [0, 0.05) is 43.6 Å². The molecule has 1 aromatic heterocycles. The van der Waals surface area contributed by atoms with Gasteiger partial charge in [-0.1, -0.05) is 18.2 Å². The molecule has 1 saturated carbocycles. The molecule has 0 bridgehead atoms. The molecule has 2 aliphatic heterocycles. The quantitative estimate of drug-likeness (QED) is 0.815. The van der Waals surface area contributed by atoms with Gasteiger partial charge >= 0.3 is 0 Å². The number of hydrogen-bond acceptors (Lipinski definition) is 5. The van der Waals surface area contributed by atoms with Crippen LogP contribution in [0.1, 0.15) is 55.7 Å². The van der Waals surface area contributed by atoms with E-state index in [4.69, 9.17) is 4.42 Å². The van der Waals surface area contributed by atoms with Gasteiger partial charge in [-0.15, -0.1) is 10.2 Å². The second kappa shape index (κ2) is 7.04. The van der Waals surface area contributed by atoms with Crippen molar-refractivity contribution < 1.29 is 14.0 Å². The van der Waals surface area contributed by atoms with Crippen molar-refractivity contribution in [2.24, 2.45) is 5.92 Å². The molecule has 1 aromatic carbocycles. The molecule has 3 heterocycles. The summed E-state index contributed by atoms with van der Waals surface area (Å²) in [5.41, 5.74) is 0.865. The third kappa shape index (κ3) is 3.30. The van der Waals surface area contributed by atoms with Crippen molar-refractivity contribution in [1.29, 1.82) is 0 Å². The largest absolute Gasteiger partial charge is 0.425 e. The SMILES string of the molecule is O=C(C1CC(=O)N(c2ccccc2)C1)N1CCC(c2nnc(C3CC3)o2)CC1. The Morgan fingerprint density at radius 1 is 0.964 bits per heavy atom. The van der Waals surface area contributed by atoms with Crippen LogP contribution >= 0.6 is 0 Å². The monoisotopic (exact) mass is 380 g/mol. The van der Waals surface area contributed by atoms with Gasteiger partial charge in [-0.3, -0.25) is 9.59 Å². The molecule has 1 unspecified atom stereocenters. The molecule has 0 spiro atoms. The summed E-state index contributed by atoms with van der Waals surface area (Å²) in [5.74, 6) is 2.06. The summed E-state index contributed by atoms with van der Waals surface area (Å²) in [7, 11) is 0. The van der Waals surface area contributed by atoms with Crippen LogP contribution in [0.15, 0.2) is 34.7 Å². The molecule has 0 N–H and O–H groups in total. The molecule has 2 aromatic rings. The molecule has 2 amide bonds. The minimum atomic E-state index is -0.255. The molecular weight excluding hydrogens is 356 g/mol. The zero-order valence-corrected chi connectivity index (χ0v) is 15.8. The second-order valence-corrected chi connectivity index (χ2v) is 8.09. The van der Waals surface area contributed by atoms with E-state index in [1.54, 1.807) is 4.90 Å². The summed E-state index contributed by atoms with van der Waals surface area (Å²) in [5, 5.41) is 8.41. The first-order chi connectivity index (χ1) is 13.7. The van der Waals surface area contributed by atoms with Gasteiger partial charge in [-0.2, -0.15) is 0 Å². The van der Waals surface area contributed by atoms with Gasteiger partial charge in [-0.25, -0.2) is 0 Å². The van der Waals surface area contributed by atoms with Crippen LogP contribution in [0.3, 0.4) is 0 Å². The molecule has 3 aliphatic rings. The van der Waals surface area contributed by atoms with Crippen molar-refractivity contribution in [2.75, 3.05) is 24.5 Å². The minimum absolute atomic E-state index is 0.0258. The van der Waals surface area contributed by atoms with E-state index in [0.717, 1.165) is 43.2 Å². The molecule has 28 heavy (non-hydrogen) atoms. The maximum atomic E-state index is 13.0. The van der Waals surface area contributed by atoms with E-state index >= 15 is 0 Å². The van der Waals surface area contributed by atoms with Crippen LogP contribution < -0.4 is 4.90 Å². The van der Waals surface area contributed by atoms with Crippen molar-refractivity contribution in [1.82, 2.24) is 15.1 Å². The molecule has 146 valence electrons. The molecule has 2 saturated heterocycles. The smallest absolute Gasteiger partial charge is 0.228 e. The molecule has 1 aliphatic carbocycles.